The van der Waals surface area contributed by atoms with Crippen LogP contribution in [0.2, 0.25) is 0 Å². The van der Waals surface area contributed by atoms with Gasteiger partial charge in [-0.05, 0) is 26.0 Å². The molecule has 3 heteroatoms. The Morgan fingerprint density at radius 3 is 1.93 bits per heavy atom. The van der Waals surface area contributed by atoms with Gasteiger partial charge in [0.25, 0.3) is 0 Å². The first-order chi connectivity index (χ1) is 6.72. The van der Waals surface area contributed by atoms with Crippen LogP contribution in [0, 0.1) is 0 Å². The third-order valence-electron chi connectivity index (χ3n) is 1.43. The van der Waals surface area contributed by atoms with Crippen molar-refractivity contribution in [2.45, 2.75) is 13.8 Å². The number of hydrogen-bond acceptors (Lipinski definition) is 2. The number of carbonyl (C=O) groups is 1. The minimum Gasteiger partial charge on any atom is -0.478 e. The number of ether oxygens (including phenoxy) is 1. The molecule has 0 radical (unpaired) electrons. The van der Waals surface area contributed by atoms with Crippen LogP contribution in [0.3, 0.4) is 0 Å². The van der Waals surface area contributed by atoms with Crippen LogP contribution in [0.15, 0.2) is 30.3 Å². The van der Waals surface area contributed by atoms with E-state index in [9.17, 15) is 4.79 Å². The van der Waals surface area contributed by atoms with Crippen molar-refractivity contribution in [3.8, 4) is 0 Å². The Kier molecular flexibility index (Phi) is 7.46. The van der Waals surface area contributed by atoms with Gasteiger partial charge in [0.1, 0.15) is 0 Å². The van der Waals surface area contributed by atoms with E-state index in [1.54, 1.807) is 30.3 Å². The highest BCUT2D eigenvalue weighted by Gasteiger charge is 1.96. The Morgan fingerprint density at radius 1 is 1.21 bits per heavy atom. The van der Waals surface area contributed by atoms with Crippen molar-refractivity contribution in [2.75, 3.05) is 13.2 Å². The number of hydrogen-bond donors (Lipinski definition) is 1. The third kappa shape index (κ3) is 6.20. The first-order valence-electron chi connectivity index (χ1n) is 4.58. The van der Waals surface area contributed by atoms with Crippen LogP contribution in [-0.4, -0.2) is 24.3 Å². The number of carboxylic acids is 1. The summed E-state index contributed by atoms with van der Waals surface area (Å²) in [6.45, 7) is 5.67. The number of aromatic carboxylic acids is 1. The van der Waals surface area contributed by atoms with E-state index in [0.717, 1.165) is 13.2 Å². The molecule has 0 aliphatic rings. The van der Waals surface area contributed by atoms with Crippen LogP contribution in [-0.2, 0) is 4.74 Å². The highest BCUT2D eigenvalue weighted by Crippen LogP contribution is 1.96. The van der Waals surface area contributed by atoms with Gasteiger partial charge in [0.05, 0.1) is 5.56 Å². The van der Waals surface area contributed by atoms with Gasteiger partial charge in [-0.1, -0.05) is 18.2 Å². The maximum Gasteiger partial charge on any atom is 0.335 e. The number of benzene rings is 1. The van der Waals surface area contributed by atoms with E-state index in [2.05, 4.69) is 0 Å². The second-order valence-corrected chi connectivity index (χ2v) is 2.45. The predicted octanol–water partition coefficient (Wildman–Crippen LogP) is 2.43. The van der Waals surface area contributed by atoms with Gasteiger partial charge in [0, 0.05) is 13.2 Å². The zero-order chi connectivity index (χ0) is 10.8. The van der Waals surface area contributed by atoms with Crippen molar-refractivity contribution in [1.29, 1.82) is 0 Å². The van der Waals surface area contributed by atoms with Crippen molar-refractivity contribution in [1.82, 2.24) is 0 Å². The van der Waals surface area contributed by atoms with Crippen molar-refractivity contribution in [3.05, 3.63) is 35.9 Å². The lowest BCUT2D eigenvalue weighted by atomic mass is 10.2. The standard InChI is InChI=1S/C7H6O2.C4H10O/c8-7(9)6-4-2-1-3-5-6;1-3-5-4-2/h1-5H,(H,8,9);3-4H2,1-2H3. The van der Waals surface area contributed by atoms with E-state index in [4.69, 9.17) is 9.84 Å². The molecule has 0 amide bonds. The molecule has 0 heterocycles. The van der Waals surface area contributed by atoms with Crippen molar-refractivity contribution in [2.24, 2.45) is 0 Å². The number of rotatable bonds is 3. The molecule has 0 bridgehead atoms. The van der Waals surface area contributed by atoms with Gasteiger partial charge in [-0.2, -0.15) is 0 Å². The summed E-state index contributed by atoms with van der Waals surface area (Å²) < 4.78 is 4.83. The lowest BCUT2D eigenvalue weighted by molar-refractivity contribution is 0.0697. The molecule has 1 aromatic carbocycles. The van der Waals surface area contributed by atoms with Crippen LogP contribution in [0.1, 0.15) is 24.2 Å². The molecule has 0 aliphatic carbocycles. The minimum absolute atomic E-state index is 0.331. The minimum atomic E-state index is -0.879. The second-order valence-electron chi connectivity index (χ2n) is 2.45. The first-order valence-corrected chi connectivity index (χ1v) is 4.58. The summed E-state index contributed by atoms with van der Waals surface area (Å²) in [5.41, 5.74) is 0.331. The molecule has 0 saturated heterocycles. The van der Waals surface area contributed by atoms with Crippen LogP contribution >= 0.6 is 0 Å². The summed E-state index contributed by atoms with van der Waals surface area (Å²) in [7, 11) is 0. The van der Waals surface area contributed by atoms with Crippen molar-refractivity contribution in [3.63, 3.8) is 0 Å². The zero-order valence-electron chi connectivity index (χ0n) is 8.56. The van der Waals surface area contributed by atoms with Crippen molar-refractivity contribution < 1.29 is 14.6 Å². The summed E-state index contributed by atoms with van der Waals surface area (Å²) >= 11 is 0. The van der Waals surface area contributed by atoms with Gasteiger partial charge in [-0.25, -0.2) is 4.79 Å². The SMILES string of the molecule is CCOCC.O=C(O)c1ccccc1. The molecule has 1 rings (SSSR count). The lowest BCUT2D eigenvalue weighted by Gasteiger charge is -1.88. The average Bonchev–Trinajstić information content (AvgIpc) is 2.21. The van der Waals surface area contributed by atoms with Gasteiger partial charge < -0.3 is 9.84 Å². The third-order valence-corrected chi connectivity index (χ3v) is 1.43. The summed E-state index contributed by atoms with van der Waals surface area (Å²) in [5.74, 6) is -0.879. The first kappa shape index (κ1) is 12.7. The smallest absolute Gasteiger partial charge is 0.335 e. The molecular formula is C11H16O3. The quantitative estimate of drug-likeness (QED) is 0.807. The summed E-state index contributed by atoms with van der Waals surface area (Å²) in [4.78, 5) is 10.2. The fourth-order valence-electron chi connectivity index (χ4n) is 0.785. The second kappa shape index (κ2) is 8.26. The fraction of sp³-hybridized carbons (Fsp3) is 0.364. The average molecular weight is 196 g/mol. The molecule has 0 aliphatic heterocycles. The van der Waals surface area contributed by atoms with E-state index < -0.39 is 5.97 Å². The summed E-state index contributed by atoms with van der Waals surface area (Å²) in [5, 5.41) is 8.38. The van der Waals surface area contributed by atoms with E-state index in [-0.39, 0.29) is 0 Å². The van der Waals surface area contributed by atoms with Gasteiger partial charge in [0.2, 0.25) is 0 Å². The van der Waals surface area contributed by atoms with Crippen LogP contribution in [0.4, 0.5) is 0 Å². The lowest BCUT2D eigenvalue weighted by Crippen LogP contribution is -1.93. The molecule has 3 nitrogen and oxygen atoms in total. The van der Waals surface area contributed by atoms with Gasteiger partial charge in [-0.15, -0.1) is 0 Å². The van der Waals surface area contributed by atoms with Gasteiger partial charge in [0.15, 0.2) is 0 Å². The largest absolute Gasteiger partial charge is 0.478 e. The maximum atomic E-state index is 10.2. The van der Waals surface area contributed by atoms with Gasteiger partial charge >= 0.3 is 5.97 Å². The predicted molar refractivity (Wildman–Crippen MR) is 55.6 cm³/mol. The van der Waals surface area contributed by atoms with Crippen LogP contribution in [0.5, 0.6) is 0 Å². The van der Waals surface area contributed by atoms with Crippen LogP contribution in [0.25, 0.3) is 0 Å². The summed E-state index contributed by atoms with van der Waals surface area (Å²) in [6, 6.07) is 8.30. The molecule has 0 unspecified atom stereocenters. The Morgan fingerprint density at radius 2 is 1.71 bits per heavy atom. The Hall–Kier alpha value is -1.35. The molecule has 1 aromatic rings. The maximum absolute atomic E-state index is 10.2. The molecule has 14 heavy (non-hydrogen) atoms. The van der Waals surface area contributed by atoms with E-state index in [0.29, 0.717) is 5.56 Å². The summed E-state index contributed by atoms with van der Waals surface area (Å²) in [6.07, 6.45) is 0. The molecule has 78 valence electrons. The Bertz CT molecular complexity index is 242. The molecule has 0 fully saturated rings. The van der Waals surface area contributed by atoms with Gasteiger partial charge in [-0.3, -0.25) is 0 Å². The molecule has 0 saturated carbocycles. The molecule has 1 N–H and O–H groups in total. The molecule has 0 spiro atoms. The molecule has 0 aromatic heterocycles. The highest BCUT2D eigenvalue weighted by atomic mass is 16.5. The highest BCUT2D eigenvalue weighted by molar-refractivity contribution is 5.87. The number of carboxylic acid groups (broad SMARTS) is 1. The Balaban J connectivity index is 0.000000292. The molecule has 0 atom stereocenters. The zero-order valence-corrected chi connectivity index (χ0v) is 8.56. The topological polar surface area (TPSA) is 46.5 Å². The van der Waals surface area contributed by atoms with Crippen LogP contribution < -0.4 is 0 Å². The van der Waals surface area contributed by atoms with E-state index in [1.165, 1.54) is 0 Å². The molecular weight excluding hydrogens is 180 g/mol. The Labute approximate surface area is 84.3 Å². The van der Waals surface area contributed by atoms with Crippen molar-refractivity contribution >= 4 is 5.97 Å². The monoisotopic (exact) mass is 196 g/mol. The fourth-order valence-corrected chi connectivity index (χ4v) is 0.785. The van der Waals surface area contributed by atoms with E-state index in [1.807, 2.05) is 13.8 Å². The normalized spacial score (nSPS) is 8.71. The van der Waals surface area contributed by atoms with E-state index >= 15 is 0 Å².